The molecule has 3 N–H and O–H groups in total. The largest absolute Gasteiger partial charge is 0.331 e. The quantitative estimate of drug-likeness (QED) is 0.855. The predicted octanol–water partition coefficient (Wildman–Crippen LogP) is 3.21. The smallest absolute Gasteiger partial charge is 0.187 e. The molecule has 0 radical (unpaired) electrons. The molecule has 1 aromatic carbocycles. The van der Waals surface area contributed by atoms with Crippen molar-refractivity contribution in [1.82, 2.24) is 4.98 Å². The van der Waals surface area contributed by atoms with Crippen LogP contribution in [0, 0.1) is 6.92 Å². The van der Waals surface area contributed by atoms with Crippen LogP contribution in [0.2, 0.25) is 0 Å². The second-order valence-corrected chi connectivity index (χ2v) is 4.65. The Labute approximate surface area is 99.3 Å². The highest BCUT2D eigenvalue weighted by molar-refractivity contribution is 7.13. The van der Waals surface area contributed by atoms with Crippen molar-refractivity contribution < 1.29 is 0 Å². The van der Waals surface area contributed by atoms with E-state index in [1.807, 2.05) is 43.5 Å². The van der Waals surface area contributed by atoms with Crippen molar-refractivity contribution in [2.75, 3.05) is 5.32 Å². The lowest BCUT2D eigenvalue weighted by Crippen LogP contribution is -2.07. The third-order valence-corrected chi connectivity index (χ3v) is 3.19. The van der Waals surface area contributed by atoms with Crippen LogP contribution in [0.1, 0.15) is 24.2 Å². The van der Waals surface area contributed by atoms with Gasteiger partial charge in [-0.05, 0) is 25.5 Å². The van der Waals surface area contributed by atoms with E-state index in [2.05, 4.69) is 10.3 Å². The Balaban J connectivity index is 2.27. The van der Waals surface area contributed by atoms with Gasteiger partial charge in [0.1, 0.15) is 0 Å². The number of para-hydroxylation sites is 1. The van der Waals surface area contributed by atoms with Crippen molar-refractivity contribution in [2.24, 2.45) is 5.73 Å². The molecule has 3 nitrogen and oxygen atoms in total. The molecule has 16 heavy (non-hydrogen) atoms. The molecule has 84 valence electrons. The molecule has 0 aliphatic carbocycles. The highest BCUT2D eigenvalue weighted by atomic mass is 32.1. The Hall–Kier alpha value is -1.39. The summed E-state index contributed by atoms with van der Waals surface area (Å²) in [6, 6.07) is 8.07. The van der Waals surface area contributed by atoms with Crippen molar-refractivity contribution in [3.63, 3.8) is 0 Å². The molecular weight excluding hydrogens is 218 g/mol. The Morgan fingerprint density at radius 3 is 2.75 bits per heavy atom. The van der Waals surface area contributed by atoms with E-state index >= 15 is 0 Å². The number of hydrogen-bond donors (Lipinski definition) is 2. The standard InChI is InChI=1S/C12H15N3S/c1-8-7-16-12(14-8)15-11-6-4-3-5-10(11)9(2)13/h3-7,9H,13H2,1-2H3,(H,14,15). The molecule has 2 rings (SSSR count). The Kier molecular flexibility index (Phi) is 3.22. The van der Waals surface area contributed by atoms with E-state index in [1.165, 1.54) is 0 Å². The minimum absolute atomic E-state index is 0.0183. The maximum absolute atomic E-state index is 5.92. The summed E-state index contributed by atoms with van der Waals surface area (Å²) in [5.74, 6) is 0. The molecule has 0 saturated carbocycles. The highest BCUT2D eigenvalue weighted by Gasteiger charge is 2.07. The van der Waals surface area contributed by atoms with Crippen LogP contribution in [0.15, 0.2) is 29.6 Å². The van der Waals surface area contributed by atoms with Gasteiger partial charge < -0.3 is 11.1 Å². The zero-order chi connectivity index (χ0) is 11.5. The highest BCUT2D eigenvalue weighted by Crippen LogP contribution is 2.26. The maximum atomic E-state index is 5.92. The molecule has 0 amide bonds. The average molecular weight is 233 g/mol. The van der Waals surface area contributed by atoms with Crippen molar-refractivity contribution in [3.8, 4) is 0 Å². The van der Waals surface area contributed by atoms with Gasteiger partial charge in [-0.1, -0.05) is 18.2 Å². The Morgan fingerprint density at radius 2 is 2.12 bits per heavy atom. The number of nitrogens with zero attached hydrogens (tertiary/aromatic N) is 1. The van der Waals surface area contributed by atoms with Crippen molar-refractivity contribution >= 4 is 22.2 Å². The third-order valence-electron chi connectivity index (χ3n) is 2.31. The molecule has 0 saturated heterocycles. The van der Waals surface area contributed by atoms with Crippen LogP contribution >= 0.6 is 11.3 Å². The summed E-state index contributed by atoms with van der Waals surface area (Å²) >= 11 is 1.60. The molecule has 1 unspecified atom stereocenters. The maximum Gasteiger partial charge on any atom is 0.187 e. The van der Waals surface area contributed by atoms with E-state index in [4.69, 9.17) is 5.73 Å². The zero-order valence-electron chi connectivity index (χ0n) is 9.40. The van der Waals surface area contributed by atoms with Gasteiger partial charge in [-0.2, -0.15) is 0 Å². The monoisotopic (exact) mass is 233 g/mol. The van der Waals surface area contributed by atoms with E-state index in [9.17, 15) is 0 Å². The van der Waals surface area contributed by atoms with Gasteiger partial charge in [-0.3, -0.25) is 0 Å². The van der Waals surface area contributed by atoms with Crippen LogP contribution in [-0.4, -0.2) is 4.98 Å². The van der Waals surface area contributed by atoms with Gasteiger partial charge >= 0.3 is 0 Å². The first kappa shape index (κ1) is 11.1. The van der Waals surface area contributed by atoms with Gasteiger partial charge in [-0.15, -0.1) is 11.3 Å². The second kappa shape index (κ2) is 4.63. The van der Waals surface area contributed by atoms with Crippen LogP contribution < -0.4 is 11.1 Å². The number of nitrogens with one attached hydrogen (secondary N) is 1. The van der Waals surface area contributed by atoms with E-state index in [0.29, 0.717) is 0 Å². The van der Waals surface area contributed by atoms with E-state index in [0.717, 1.165) is 22.1 Å². The fourth-order valence-electron chi connectivity index (χ4n) is 1.53. The van der Waals surface area contributed by atoms with E-state index in [1.54, 1.807) is 11.3 Å². The van der Waals surface area contributed by atoms with Gasteiger partial charge in [0.2, 0.25) is 0 Å². The van der Waals surface area contributed by atoms with Crippen molar-refractivity contribution in [3.05, 3.63) is 40.9 Å². The van der Waals surface area contributed by atoms with Crippen LogP contribution in [-0.2, 0) is 0 Å². The molecule has 1 aromatic heterocycles. The van der Waals surface area contributed by atoms with Crippen LogP contribution in [0.3, 0.4) is 0 Å². The number of thiazole rings is 1. The number of aryl methyl sites for hydroxylation is 1. The number of aromatic nitrogens is 1. The van der Waals surface area contributed by atoms with E-state index < -0.39 is 0 Å². The molecule has 2 aromatic rings. The molecule has 0 aliphatic heterocycles. The minimum Gasteiger partial charge on any atom is -0.331 e. The molecule has 0 aliphatic rings. The van der Waals surface area contributed by atoms with Gasteiger partial charge in [0.05, 0.1) is 5.69 Å². The number of nitrogens with two attached hydrogens (primary N) is 1. The summed E-state index contributed by atoms with van der Waals surface area (Å²) < 4.78 is 0. The first-order chi connectivity index (χ1) is 7.66. The lowest BCUT2D eigenvalue weighted by Gasteiger charge is -2.12. The molecule has 0 spiro atoms. The first-order valence-electron chi connectivity index (χ1n) is 5.20. The Morgan fingerprint density at radius 1 is 1.38 bits per heavy atom. The van der Waals surface area contributed by atoms with Gasteiger partial charge in [0.15, 0.2) is 5.13 Å². The summed E-state index contributed by atoms with van der Waals surface area (Å²) in [7, 11) is 0. The number of benzene rings is 1. The lowest BCUT2D eigenvalue weighted by molar-refractivity contribution is 0.820. The fraction of sp³-hybridized carbons (Fsp3) is 0.250. The molecule has 1 atom stereocenters. The first-order valence-corrected chi connectivity index (χ1v) is 6.08. The summed E-state index contributed by atoms with van der Waals surface area (Å²) in [6.45, 7) is 3.97. The number of hydrogen-bond acceptors (Lipinski definition) is 4. The lowest BCUT2D eigenvalue weighted by atomic mass is 10.1. The summed E-state index contributed by atoms with van der Waals surface area (Å²) in [4.78, 5) is 4.37. The van der Waals surface area contributed by atoms with Crippen LogP contribution in [0.4, 0.5) is 10.8 Å². The zero-order valence-corrected chi connectivity index (χ0v) is 10.2. The normalized spacial score (nSPS) is 12.4. The number of rotatable bonds is 3. The molecule has 1 heterocycles. The molecule has 4 heteroatoms. The Bertz CT molecular complexity index is 477. The SMILES string of the molecule is Cc1csc(Nc2ccccc2C(C)N)n1. The molecule has 0 fully saturated rings. The fourth-order valence-corrected chi connectivity index (χ4v) is 2.23. The van der Waals surface area contributed by atoms with Crippen LogP contribution in [0.25, 0.3) is 0 Å². The van der Waals surface area contributed by atoms with Gasteiger partial charge in [-0.25, -0.2) is 4.98 Å². The van der Waals surface area contributed by atoms with Crippen LogP contribution in [0.5, 0.6) is 0 Å². The van der Waals surface area contributed by atoms with E-state index in [-0.39, 0.29) is 6.04 Å². The minimum atomic E-state index is 0.0183. The topological polar surface area (TPSA) is 50.9 Å². The summed E-state index contributed by atoms with van der Waals surface area (Å²) in [5, 5.41) is 6.23. The predicted molar refractivity (Wildman–Crippen MR) is 69.2 cm³/mol. The summed E-state index contributed by atoms with van der Waals surface area (Å²) in [6.07, 6.45) is 0. The van der Waals surface area contributed by atoms with Gasteiger partial charge in [0, 0.05) is 17.1 Å². The second-order valence-electron chi connectivity index (χ2n) is 3.79. The average Bonchev–Trinajstić information content (AvgIpc) is 2.64. The van der Waals surface area contributed by atoms with Crippen molar-refractivity contribution in [1.29, 1.82) is 0 Å². The number of anilines is 2. The van der Waals surface area contributed by atoms with Gasteiger partial charge in [0.25, 0.3) is 0 Å². The van der Waals surface area contributed by atoms with Crippen molar-refractivity contribution in [2.45, 2.75) is 19.9 Å². The third kappa shape index (κ3) is 2.40. The summed E-state index contributed by atoms with van der Waals surface area (Å²) in [5.41, 5.74) is 9.09. The molecular formula is C12H15N3S. The molecule has 0 bridgehead atoms.